The maximum absolute atomic E-state index is 11.9. The monoisotopic (exact) mass is 251 g/mol. The number of carbonyl (C=O) groups is 1. The van der Waals surface area contributed by atoms with Crippen molar-refractivity contribution in [3.63, 3.8) is 0 Å². The minimum absolute atomic E-state index is 0.168. The van der Waals surface area contributed by atoms with E-state index in [2.05, 4.69) is 5.32 Å². The van der Waals surface area contributed by atoms with Gasteiger partial charge in [0.05, 0.1) is 12.7 Å². The lowest BCUT2D eigenvalue weighted by atomic mass is 10.2. The quantitative estimate of drug-likeness (QED) is 0.895. The summed E-state index contributed by atoms with van der Waals surface area (Å²) in [5, 5.41) is 2.80. The van der Waals surface area contributed by atoms with Gasteiger partial charge in [0.25, 0.3) is 5.91 Å². The fourth-order valence-electron chi connectivity index (χ4n) is 1.53. The summed E-state index contributed by atoms with van der Waals surface area (Å²) in [4.78, 5) is 11.9. The maximum Gasteiger partial charge on any atom is 0.253 e. The Labute approximate surface area is 108 Å². The highest BCUT2D eigenvalue weighted by molar-refractivity contribution is 5.94. The van der Waals surface area contributed by atoms with Crippen molar-refractivity contribution in [1.29, 1.82) is 0 Å². The van der Waals surface area contributed by atoms with Gasteiger partial charge in [0.1, 0.15) is 11.9 Å². The van der Waals surface area contributed by atoms with E-state index in [1.54, 1.807) is 20.1 Å². The first-order valence-corrected chi connectivity index (χ1v) is 5.94. The summed E-state index contributed by atoms with van der Waals surface area (Å²) in [6, 6.07) is 7.22. The molecule has 100 valence electrons. The van der Waals surface area contributed by atoms with Gasteiger partial charge in [0.15, 0.2) is 0 Å². The zero-order valence-corrected chi connectivity index (χ0v) is 11.6. The first-order valence-electron chi connectivity index (χ1n) is 5.94. The van der Waals surface area contributed by atoms with E-state index in [1.165, 1.54) is 0 Å². The Balaban J connectivity index is 2.63. The molecule has 1 aromatic rings. The van der Waals surface area contributed by atoms with Crippen LogP contribution in [0.15, 0.2) is 24.3 Å². The van der Waals surface area contributed by atoms with Gasteiger partial charge < -0.3 is 14.8 Å². The Hall–Kier alpha value is -1.55. The summed E-state index contributed by atoms with van der Waals surface area (Å²) >= 11 is 0. The second-order valence-electron chi connectivity index (χ2n) is 5.09. The smallest absolute Gasteiger partial charge is 0.253 e. The zero-order valence-electron chi connectivity index (χ0n) is 11.6. The van der Waals surface area contributed by atoms with Crippen LogP contribution in [0.1, 0.15) is 27.7 Å². The molecule has 0 aliphatic rings. The maximum atomic E-state index is 11.9. The lowest BCUT2D eigenvalue weighted by molar-refractivity contribution is -0.135. The molecule has 0 bridgehead atoms. The average Bonchev–Trinajstić information content (AvgIpc) is 2.27. The molecule has 18 heavy (non-hydrogen) atoms. The van der Waals surface area contributed by atoms with E-state index in [1.807, 2.05) is 39.0 Å². The van der Waals surface area contributed by atoms with Gasteiger partial charge in [0.2, 0.25) is 0 Å². The molecule has 0 aromatic heterocycles. The Morgan fingerprint density at radius 1 is 1.33 bits per heavy atom. The fraction of sp³-hybridized carbons (Fsp3) is 0.500. The van der Waals surface area contributed by atoms with E-state index < -0.39 is 6.10 Å². The summed E-state index contributed by atoms with van der Waals surface area (Å²) in [6.45, 7) is 7.49. The van der Waals surface area contributed by atoms with Gasteiger partial charge in [-0.1, -0.05) is 6.07 Å². The van der Waals surface area contributed by atoms with Crippen molar-refractivity contribution < 1.29 is 14.3 Å². The molecule has 0 aliphatic carbocycles. The second kappa shape index (κ2) is 5.87. The van der Waals surface area contributed by atoms with Gasteiger partial charge in [-0.25, -0.2) is 0 Å². The highest BCUT2D eigenvalue weighted by Gasteiger charge is 2.21. The van der Waals surface area contributed by atoms with Crippen LogP contribution in [0.4, 0.5) is 5.69 Å². The third-order valence-corrected chi connectivity index (χ3v) is 2.24. The highest BCUT2D eigenvalue weighted by atomic mass is 16.5. The predicted molar refractivity (Wildman–Crippen MR) is 71.9 cm³/mol. The molecule has 1 aromatic carbocycles. The molecule has 0 fully saturated rings. The molecule has 0 radical (unpaired) electrons. The molecule has 0 saturated carbocycles. The van der Waals surface area contributed by atoms with Gasteiger partial charge in [-0.05, 0) is 39.8 Å². The number of ether oxygens (including phenoxy) is 2. The summed E-state index contributed by atoms with van der Waals surface area (Å²) < 4.78 is 10.7. The number of nitrogens with one attached hydrogen (secondary N) is 1. The van der Waals surface area contributed by atoms with Crippen LogP contribution in [0.2, 0.25) is 0 Å². The third-order valence-electron chi connectivity index (χ3n) is 2.24. The lowest BCUT2D eigenvalue weighted by Crippen LogP contribution is -2.34. The summed E-state index contributed by atoms with van der Waals surface area (Å²) in [7, 11) is 1.59. The van der Waals surface area contributed by atoms with Gasteiger partial charge in [-0.3, -0.25) is 4.79 Å². The van der Waals surface area contributed by atoms with Crippen LogP contribution >= 0.6 is 0 Å². The molecule has 1 unspecified atom stereocenters. The molecule has 1 N–H and O–H groups in total. The van der Waals surface area contributed by atoms with Crippen LogP contribution in [-0.4, -0.2) is 24.7 Å². The van der Waals surface area contributed by atoms with E-state index in [0.29, 0.717) is 11.4 Å². The van der Waals surface area contributed by atoms with Crippen LogP contribution < -0.4 is 10.1 Å². The number of amides is 1. The molecule has 0 aliphatic heterocycles. The van der Waals surface area contributed by atoms with Crippen molar-refractivity contribution in [2.75, 3.05) is 12.4 Å². The molecule has 0 spiro atoms. The van der Waals surface area contributed by atoms with E-state index in [0.717, 1.165) is 0 Å². The normalized spacial score (nSPS) is 12.9. The van der Waals surface area contributed by atoms with Crippen LogP contribution in [0.5, 0.6) is 5.75 Å². The van der Waals surface area contributed by atoms with Crippen LogP contribution in [0.3, 0.4) is 0 Å². The van der Waals surface area contributed by atoms with E-state index in [4.69, 9.17) is 9.47 Å². The van der Waals surface area contributed by atoms with Crippen molar-refractivity contribution in [3.05, 3.63) is 24.3 Å². The van der Waals surface area contributed by atoms with Crippen molar-refractivity contribution in [2.45, 2.75) is 39.4 Å². The first-order chi connectivity index (χ1) is 8.31. The molecular weight excluding hydrogens is 230 g/mol. The largest absolute Gasteiger partial charge is 0.497 e. The van der Waals surface area contributed by atoms with Gasteiger partial charge in [-0.15, -0.1) is 0 Å². The lowest BCUT2D eigenvalue weighted by Gasteiger charge is -2.24. The van der Waals surface area contributed by atoms with Crippen molar-refractivity contribution in [1.82, 2.24) is 0 Å². The molecule has 0 saturated heterocycles. The number of carbonyl (C=O) groups excluding carboxylic acids is 1. The number of rotatable bonds is 4. The Morgan fingerprint density at radius 2 is 2.00 bits per heavy atom. The van der Waals surface area contributed by atoms with Gasteiger partial charge in [0, 0.05) is 11.8 Å². The van der Waals surface area contributed by atoms with Gasteiger partial charge in [-0.2, -0.15) is 0 Å². The van der Waals surface area contributed by atoms with Crippen molar-refractivity contribution in [2.24, 2.45) is 0 Å². The SMILES string of the molecule is COc1cccc(NC(=O)C(C)OC(C)(C)C)c1. The first kappa shape index (κ1) is 14.5. The molecule has 1 atom stereocenters. The van der Waals surface area contributed by atoms with E-state index in [9.17, 15) is 4.79 Å². The Bertz CT molecular complexity index is 410. The summed E-state index contributed by atoms with van der Waals surface area (Å²) in [5.41, 5.74) is 0.356. The van der Waals surface area contributed by atoms with E-state index in [-0.39, 0.29) is 11.5 Å². The van der Waals surface area contributed by atoms with Crippen molar-refractivity contribution in [3.8, 4) is 5.75 Å². The molecule has 1 amide bonds. The van der Waals surface area contributed by atoms with Crippen LogP contribution in [-0.2, 0) is 9.53 Å². The Kier molecular flexibility index (Phi) is 4.73. The molecule has 4 heteroatoms. The molecular formula is C14H21NO3. The molecule has 1 rings (SSSR count). The average molecular weight is 251 g/mol. The second-order valence-corrected chi connectivity index (χ2v) is 5.09. The summed E-state index contributed by atoms with van der Waals surface area (Å²) in [6.07, 6.45) is -0.504. The minimum Gasteiger partial charge on any atom is -0.497 e. The Morgan fingerprint density at radius 3 is 2.56 bits per heavy atom. The fourth-order valence-corrected chi connectivity index (χ4v) is 1.53. The number of hydrogen-bond donors (Lipinski definition) is 1. The molecule has 4 nitrogen and oxygen atoms in total. The number of hydrogen-bond acceptors (Lipinski definition) is 3. The topological polar surface area (TPSA) is 47.6 Å². The summed E-state index contributed by atoms with van der Waals surface area (Å²) in [5.74, 6) is 0.537. The molecule has 0 heterocycles. The van der Waals surface area contributed by atoms with Crippen molar-refractivity contribution >= 4 is 11.6 Å². The van der Waals surface area contributed by atoms with Crippen LogP contribution in [0.25, 0.3) is 0 Å². The number of anilines is 1. The van der Waals surface area contributed by atoms with E-state index >= 15 is 0 Å². The zero-order chi connectivity index (χ0) is 13.8. The third kappa shape index (κ3) is 4.75. The standard InChI is InChI=1S/C14H21NO3/c1-10(18-14(2,3)4)13(16)15-11-7-6-8-12(9-11)17-5/h6-10H,1-5H3,(H,15,16). The predicted octanol–water partition coefficient (Wildman–Crippen LogP) is 2.84. The van der Waals surface area contributed by atoms with Gasteiger partial charge >= 0.3 is 0 Å². The highest BCUT2D eigenvalue weighted by Crippen LogP contribution is 2.18. The number of methoxy groups -OCH3 is 1. The van der Waals surface area contributed by atoms with Crippen LogP contribution in [0, 0.1) is 0 Å². The minimum atomic E-state index is -0.504. The number of benzene rings is 1.